The van der Waals surface area contributed by atoms with Crippen LogP contribution in [0, 0.1) is 5.92 Å². The second-order valence-electron chi connectivity index (χ2n) is 4.03. The number of thioether (sulfide) groups is 1. The molecule has 0 bridgehead atoms. The number of rotatable bonds is 4. The second-order valence-corrected chi connectivity index (χ2v) is 5.70. The molecule has 1 aliphatic rings. The average Bonchev–Trinajstić information content (AvgIpc) is 2.67. The van der Waals surface area contributed by atoms with Crippen LogP contribution >= 0.6 is 24.0 Å². The molecule has 0 aromatic rings. The molecular weight excluding hydrogens is 228 g/mol. The molecule has 1 heterocycles. The Hall–Kier alpha value is -0.290. The van der Waals surface area contributed by atoms with Crippen molar-refractivity contribution in [1.29, 1.82) is 0 Å². The van der Waals surface area contributed by atoms with Crippen molar-refractivity contribution in [3.05, 3.63) is 0 Å². The summed E-state index contributed by atoms with van der Waals surface area (Å²) >= 11 is 6.70. The van der Waals surface area contributed by atoms with Gasteiger partial charge in [-0.2, -0.15) is 11.8 Å². The summed E-state index contributed by atoms with van der Waals surface area (Å²) in [5.41, 5.74) is 5.47. The molecule has 15 heavy (non-hydrogen) atoms. The predicted octanol–water partition coefficient (Wildman–Crippen LogP) is 1.26. The zero-order chi connectivity index (χ0) is 11.4. The summed E-state index contributed by atoms with van der Waals surface area (Å²) in [4.78, 5) is 14.3. The molecule has 0 radical (unpaired) electrons. The highest BCUT2D eigenvalue weighted by Gasteiger charge is 2.27. The number of nitrogens with zero attached hydrogens (tertiary/aromatic N) is 1. The van der Waals surface area contributed by atoms with Crippen LogP contribution in [0.1, 0.15) is 19.8 Å². The molecule has 1 aliphatic heterocycles. The zero-order valence-electron chi connectivity index (χ0n) is 9.23. The van der Waals surface area contributed by atoms with Crippen LogP contribution in [0.25, 0.3) is 0 Å². The van der Waals surface area contributed by atoms with Crippen LogP contribution in [0.4, 0.5) is 0 Å². The first-order valence-corrected chi connectivity index (χ1v) is 6.71. The third-order valence-corrected chi connectivity index (χ3v) is 4.11. The zero-order valence-corrected chi connectivity index (χ0v) is 10.9. The lowest BCUT2D eigenvalue weighted by atomic mass is 10.1. The van der Waals surface area contributed by atoms with E-state index in [1.807, 2.05) is 25.7 Å². The van der Waals surface area contributed by atoms with Gasteiger partial charge in [0.1, 0.15) is 0 Å². The first-order chi connectivity index (χ1) is 7.02. The van der Waals surface area contributed by atoms with Crippen molar-refractivity contribution in [1.82, 2.24) is 4.90 Å². The quantitative estimate of drug-likeness (QED) is 0.759. The van der Waals surface area contributed by atoms with Crippen LogP contribution in [-0.4, -0.2) is 40.4 Å². The molecule has 2 N–H and O–H groups in total. The number of thiocarbonyl (C=S) groups is 1. The molecule has 0 spiro atoms. The summed E-state index contributed by atoms with van der Waals surface area (Å²) in [5, 5.41) is 0. The molecule has 0 aliphatic carbocycles. The predicted molar refractivity (Wildman–Crippen MR) is 69.1 cm³/mol. The van der Waals surface area contributed by atoms with Gasteiger partial charge in [0, 0.05) is 31.2 Å². The molecule has 1 saturated heterocycles. The molecule has 0 saturated carbocycles. The van der Waals surface area contributed by atoms with Gasteiger partial charge >= 0.3 is 0 Å². The van der Waals surface area contributed by atoms with E-state index < -0.39 is 0 Å². The Labute approximate surface area is 101 Å². The van der Waals surface area contributed by atoms with Crippen LogP contribution < -0.4 is 5.73 Å². The summed E-state index contributed by atoms with van der Waals surface area (Å²) in [6.07, 6.45) is 1.62. The molecule has 0 aromatic carbocycles. The molecule has 1 fully saturated rings. The molecule has 0 aromatic heterocycles. The molecule has 1 rings (SSSR count). The van der Waals surface area contributed by atoms with E-state index in [0.717, 1.165) is 17.9 Å². The maximum atomic E-state index is 12.0. The van der Waals surface area contributed by atoms with Crippen LogP contribution in [0.5, 0.6) is 0 Å². The summed E-state index contributed by atoms with van der Waals surface area (Å²) in [6.45, 7) is 1.99. The molecule has 2 unspecified atom stereocenters. The fourth-order valence-electron chi connectivity index (χ4n) is 1.66. The first kappa shape index (κ1) is 12.8. The minimum Gasteiger partial charge on any atom is -0.393 e. The lowest BCUT2D eigenvalue weighted by Gasteiger charge is -2.27. The van der Waals surface area contributed by atoms with Gasteiger partial charge in [-0.25, -0.2) is 0 Å². The fraction of sp³-hybridized carbons (Fsp3) is 0.800. The SMILES string of the molecule is CC(CC(N)=S)N(C)C(=O)C1CCSC1. The number of carbonyl (C=O) groups excluding carboxylic acids is 1. The minimum atomic E-state index is 0.112. The number of hydrogen-bond donors (Lipinski definition) is 1. The largest absolute Gasteiger partial charge is 0.393 e. The van der Waals surface area contributed by atoms with Crippen LogP contribution in [0.3, 0.4) is 0 Å². The summed E-state index contributed by atoms with van der Waals surface area (Å²) in [7, 11) is 1.84. The first-order valence-electron chi connectivity index (χ1n) is 5.15. The third kappa shape index (κ3) is 3.65. The standard InChI is InChI=1S/C10H18N2OS2/c1-7(5-9(11)14)12(2)10(13)8-3-4-15-6-8/h7-8H,3-6H2,1-2H3,(H2,11,14). The molecule has 86 valence electrons. The molecule has 3 nitrogen and oxygen atoms in total. The molecular formula is C10H18N2OS2. The van der Waals surface area contributed by atoms with Crippen LogP contribution in [0.15, 0.2) is 0 Å². The van der Waals surface area contributed by atoms with E-state index in [1.54, 1.807) is 4.90 Å². The van der Waals surface area contributed by atoms with Gasteiger partial charge in [-0.3, -0.25) is 4.79 Å². The van der Waals surface area contributed by atoms with E-state index >= 15 is 0 Å². The Kier molecular flexibility index (Phi) is 4.86. The van der Waals surface area contributed by atoms with Crippen molar-refractivity contribution < 1.29 is 4.79 Å². The van der Waals surface area contributed by atoms with Crippen molar-refractivity contribution in [2.45, 2.75) is 25.8 Å². The van der Waals surface area contributed by atoms with Crippen molar-refractivity contribution in [3.63, 3.8) is 0 Å². The lowest BCUT2D eigenvalue weighted by molar-refractivity contribution is -0.135. The van der Waals surface area contributed by atoms with Gasteiger partial charge in [-0.05, 0) is 19.1 Å². The summed E-state index contributed by atoms with van der Waals surface area (Å²) < 4.78 is 0. The summed E-state index contributed by atoms with van der Waals surface area (Å²) in [5.74, 6) is 2.51. The highest BCUT2D eigenvalue weighted by atomic mass is 32.2. The van der Waals surface area contributed by atoms with Gasteiger partial charge < -0.3 is 10.6 Å². The van der Waals surface area contributed by atoms with Gasteiger partial charge in [0.25, 0.3) is 0 Å². The van der Waals surface area contributed by atoms with Crippen molar-refractivity contribution in [2.75, 3.05) is 18.6 Å². The topological polar surface area (TPSA) is 46.3 Å². The maximum absolute atomic E-state index is 12.0. The fourth-order valence-corrected chi connectivity index (χ4v) is 3.12. The number of nitrogens with two attached hydrogens (primary N) is 1. The van der Waals surface area contributed by atoms with Crippen molar-refractivity contribution in [2.24, 2.45) is 11.7 Å². The van der Waals surface area contributed by atoms with E-state index in [4.69, 9.17) is 18.0 Å². The van der Waals surface area contributed by atoms with Crippen molar-refractivity contribution >= 4 is 34.9 Å². The summed E-state index contributed by atoms with van der Waals surface area (Å²) in [6, 6.07) is 0.112. The Balaban J connectivity index is 2.47. The van der Waals surface area contributed by atoms with E-state index in [1.165, 1.54) is 0 Å². The van der Waals surface area contributed by atoms with Gasteiger partial charge in [0.2, 0.25) is 5.91 Å². The Morgan fingerprint density at radius 1 is 1.73 bits per heavy atom. The van der Waals surface area contributed by atoms with Gasteiger partial charge in [0.05, 0.1) is 4.99 Å². The van der Waals surface area contributed by atoms with E-state index in [2.05, 4.69) is 0 Å². The van der Waals surface area contributed by atoms with E-state index in [0.29, 0.717) is 11.4 Å². The van der Waals surface area contributed by atoms with Gasteiger partial charge in [0.15, 0.2) is 0 Å². The number of carbonyl (C=O) groups is 1. The monoisotopic (exact) mass is 246 g/mol. The second kappa shape index (κ2) is 5.70. The Morgan fingerprint density at radius 2 is 2.40 bits per heavy atom. The van der Waals surface area contributed by atoms with Crippen molar-refractivity contribution in [3.8, 4) is 0 Å². The smallest absolute Gasteiger partial charge is 0.226 e. The average molecular weight is 246 g/mol. The maximum Gasteiger partial charge on any atom is 0.226 e. The van der Waals surface area contributed by atoms with Crippen LogP contribution in [-0.2, 0) is 4.79 Å². The highest BCUT2D eigenvalue weighted by Crippen LogP contribution is 2.25. The third-order valence-electron chi connectivity index (χ3n) is 2.78. The number of amides is 1. The lowest BCUT2D eigenvalue weighted by Crippen LogP contribution is -2.40. The van der Waals surface area contributed by atoms with E-state index in [-0.39, 0.29) is 17.9 Å². The van der Waals surface area contributed by atoms with Gasteiger partial charge in [-0.15, -0.1) is 0 Å². The number of hydrogen-bond acceptors (Lipinski definition) is 3. The highest BCUT2D eigenvalue weighted by molar-refractivity contribution is 7.99. The van der Waals surface area contributed by atoms with Crippen LogP contribution in [0.2, 0.25) is 0 Å². The Bertz CT molecular complexity index is 252. The van der Waals surface area contributed by atoms with E-state index in [9.17, 15) is 4.79 Å². The molecule has 2 atom stereocenters. The normalized spacial score (nSPS) is 22.4. The van der Waals surface area contributed by atoms with Gasteiger partial charge in [-0.1, -0.05) is 12.2 Å². The molecule has 1 amide bonds. The molecule has 5 heteroatoms. The Morgan fingerprint density at radius 3 is 2.87 bits per heavy atom. The minimum absolute atomic E-state index is 0.112.